The van der Waals surface area contributed by atoms with E-state index in [0.717, 1.165) is 174 Å². The molecule has 6 aliphatic rings. The predicted octanol–water partition coefficient (Wildman–Crippen LogP) is 16.6. The first-order chi connectivity index (χ1) is 53.4. The SMILES string of the molecule is CN[C@@H](C)C(=O)C[C@H](C(=O)N1CCC[C@H]1Cn1c(C)c(C(C)=O)c2cc(Cl)ccc21)C1CCCCC1.CN[C@@H](C)C(=O)C[C@H](C(=O)N1CCC[C@H]1Cn1cc(C(=O)C(C)C)c2cc(C)ccc21)C1CCCCC1.CN[C@@H](C)C(=O)C[C@H](C(=O)N1CCC[C@H]1Cn1cc(C(C)=O)c2cc(OC(F)(F)F)ccc21)C1CCCCC1. The van der Waals surface area contributed by atoms with Crippen LogP contribution in [0.3, 0.4) is 0 Å². The Kier molecular flexibility index (Phi) is 30.4. The van der Waals surface area contributed by atoms with Crippen LogP contribution in [0.15, 0.2) is 67.0 Å². The number of fused-ring (bicyclic) bond motifs is 3. The number of likely N-dealkylation sites (tertiary alicyclic amines) is 3. The minimum Gasteiger partial charge on any atom is -0.406 e. The van der Waals surface area contributed by atoms with Crippen LogP contribution in [-0.2, 0) is 48.4 Å². The number of carbonyl (C=O) groups excluding carboxylic acids is 9. The van der Waals surface area contributed by atoms with E-state index in [1.54, 1.807) is 34.3 Å². The zero-order valence-corrected chi connectivity index (χ0v) is 69.1. The lowest BCUT2D eigenvalue weighted by Gasteiger charge is -2.35. The summed E-state index contributed by atoms with van der Waals surface area (Å²) in [6.45, 7) is 20.3. The summed E-state index contributed by atoms with van der Waals surface area (Å²) in [5.41, 5.74) is 6.47. The van der Waals surface area contributed by atoms with Crippen LogP contribution < -0.4 is 20.7 Å². The van der Waals surface area contributed by atoms with E-state index in [1.807, 2.05) is 80.3 Å². The van der Waals surface area contributed by atoms with Crippen molar-refractivity contribution in [1.29, 1.82) is 0 Å². The molecule has 23 heteroatoms. The number of ketones is 6. The highest BCUT2D eigenvalue weighted by Gasteiger charge is 2.44. The fourth-order valence-corrected chi connectivity index (χ4v) is 19.2. The van der Waals surface area contributed by atoms with Crippen LogP contribution >= 0.6 is 11.6 Å². The van der Waals surface area contributed by atoms with Gasteiger partial charge in [-0.3, -0.25) is 43.2 Å². The highest BCUT2D eigenvalue weighted by Crippen LogP contribution is 2.41. The molecule has 612 valence electrons. The van der Waals surface area contributed by atoms with Crippen LogP contribution in [0.2, 0.25) is 5.02 Å². The Morgan fingerprint density at radius 1 is 0.473 bits per heavy atom. The summed E-state index contributed by atoms with van der Waals surface area (Å²) < 4.78 is 48.6. The van der Waals surface area contributed by atoms with E-state index >= 15 is 0 Å². The van der Waals surface area contributed by atoms with E-state index in [4.69, 9.17) is 11.6 Å². The number of carbonyl (C=O) groups is 9. The molecule has 3 aromatic heterocycles. The number of ether oxygens (including phenoxy) is 1. The average molecular weight is 1570 g/mol. The lowest BCUT2D eigenvalue weighted by atomic mass is 9.76. The molecule has 6 heterocycles. The monoisotopic (exact) mass is 1570 g/mol. The topological polar surface area (TPSA) is 223 Å². The lowest BCUT2D eigenvalue weighted by molar-refractivity contribution is -0.274. The number of nitrogens with one attached hydrogen (secondary N) is 3. The second kappa shape index (κ2) is 39.2. The number of alkyl halides is 3. The largest absolute Gasteiger partial charge is 0.573 e. The molecule has 3 aliphatic carbocycles. The van der Waals surface area contributed by atoms with Gasteiger partial charge in [0.15, 0.2) is 17.3 Å². The summed E-state index contributed by atoms with van der Waals surface area (Å²) in [4.78, 5) is 125. The summed E-state index contributed by atoms with van der Waals surface area (Å²) in [5, 5.41) is 12.0. The molecule has 3 amide bonds. The molecule has 3 aromatic carbocycles. The highest BCUT2D eigenvalue weighted by molar-refractivity contribution is 6.31. The van der Waals surface area contributed by atoms with Gasteiger partial charge in [-0.15, -0.1) is 13.2 Å². The summed E-state index contributed by atoms with van der Waals surface area (Å²) in [7, 11) is 5.34. The average Bonchev–Trinajstić information content (AvgIpc) is 1.62. The van der Waals surface area contributed by atoms with E-state index in [1.165, 1.54) is 38.0 Å². The second-order valence-electron chi connectivity index (χ2n) is 33.5. The van der Waals surface area contributed by atoms with Gasteiger partial charge in [-0.2, -0.15) is 0 Å². The number of hydrogen-bond donors (Lipinski definition) is 3. The Morgan fingerprint density at radius 2 is 0.866 bits per heavy atom. The van der Waals surface area contributed by atoms with Gasteiger partial charge in [0.25, 0.3) is 0 Å². The van der Waals surface area contributed by atoms with Crippen molar-refractivity contribution in [2.24, 2.45) is 41.4 Å². The van der Waals surface area contributed by atoms with Gasteiger partial charge in [-0.05, 0) is 213 Å². The second-order valence-corrected chi connectivity index (χ2v) is 34.0. The Labute approximate surface area is 665 Å². The molecule has 9 atom stereocenters. The molecule has 0 spiro atoms. The number of hydrogen-bond acceptors (Lipinski definition) is 13. The molecule has 6 aromatic rings. The third-order valence-corrected chi connectivity index (χ3v) is 26.0. The molecule has 0 bridgehead atoms. The smallest absolute Gasteiger partial charge is 0.406 e. The molecule has 12 rings (SSSR count). The molecule has 0 unspecified atom stereocenters. The maximum Gasteiger partial charge on any atom is 0.573 e. The fourth-order valence-electron chi connectivity index (χ4n) is 19.0. The number of Topliss-reactive ketones (excluding diaryl/α,β-unsaturated/α-hetero) is 6. The quantitative estimate of drug-likeness (QED) is 0.0372. The van der Waals surface area contributed by atoms with Gasteiger partial charge in [0.05, 0.1) is 18.1 Å². The summed E-state index contributed by atoms with van der Waals surface area (Å²) in [6, 6.07) is 15.2. The summed E-state index contributed by atoms with van der Waals surface area (Å²) in [5.74, 6) is -0.0116. The van der Waals surface area contributed by atoms with Crippen molar-refractivity contribution in [2.45, 2.75) is 279 Å². The van der Waals surface area contributed by atoms with Gasteiger partial charge in [-0.1, -0.05) is 94.9 Å². The number of nitrogens with zero attached hydrogens (tertiary/aromatic N) is 6. The van der Waals surface area contributed by atoms with Gasteiger partial charge < -0.3 is 49.1 Å². The normalized spacial score (nSPS) is 20.4. The summed E-state index contributed by atoms with van der Waals surface area (Å²) >= 11 is 6.27. The Balaban J connectivity index is 0.000000178. The lowest BCUT2D eigenvalue weighted by Crippen LogP contribution is -2.45. The predicted molar refractivity (Wildman–Crippen MR) is 435 cm³/mol. The van der Waals surface area contributed by atoms with Crippen molar-refractivity contribution in [3.8, 4) is 5.75 Å². The van der Waals surface area contributed by atoms with Crippen LogP contribution in [0.25, 0.3) is 32.7 Å². The number of aryl methyl sites for hydroxylation is 1. The molecule has 19 nitrogen and oxygen atoms in total. The molecule has 3 saturated heterocycles. The van der Waals surface area contributed by atoms with Crippen LogP contribution in [0.5, 0.6) is 5.75 Å². The zero-order valence-electron chi connectivity index (χ0n) is 68.3. The van der Waals surface area contributed by atoms with Crippen molar-refractivity contribution in [2.75, 3.05) is 40.8 Å². The van der Waals surface area contributed by atoms with E-state index < -0.39 is 6.36 Å². The van der Waals surface area contributed by atoms with Crippen LogP contribution in [-0.4, -0.2) is 164 Å². The van der Waals surface area contributed by atoms with Crippen LogP contribution in [0, 0.1) is 55.3 Å². The highest BCUT2D eigenvalue weighted by atomic mass is 35.5. The molecule has 3 aliphatic heterocycles. The van der Waals surface area contributed by atoms with E-state index in [0.29, 0.717) is 72.0 Å². The van der Waals surface area contributed by atoms with Gasteiger partial charge in [-0.25, -0.2) is 0 Å². The number of amides is 3. The maximum absolute atomic E-state index is 14.1. The van der Waals surface area contributed by atoms with Gasteiger partial charge in [0.1, 0.15) is 23.1 Å². The fraction of sp³-hybridized carbons (Fsp3) is 0.629. The van der Waals surface area contributed by atoms with Gasteiger partial charge in [0.2, 0.25) is 17.7 Å². The van der Waals surface area contributed by atoms with E-state index in [-0.39, 0.29) is 136 Å². The third-order valence-electron chi connectivity index (χ3n) is 25.7. The maximum atomic E-state index is 14.1. The van der Waals surface area contributed by atoms with Crippen molar-refractivity contribution in [3.63, 3.8) is 0 Å². The van der Waals surface area contributed by atoms with Gasteiger partial charge >= 0.3 is 6.36 Å². The molecular formula is C89H123ClF3N9O10. The third kappa shape index (κ3) is 20.9. The zero-order chi connectivity index (χ0) is 81.0. The first-order valence-electron chi connectivity index (χ1n) is 41.8. The number of aromatic nitrogens is 3. The minimum absolute atomic E-state index is 0.0187. The number of benzene rings is 3. The Bertz CT molecular complexity index is 4330. The first kappa shape index (κ1) is 86.9. The molecule has 0 radical (unpaired) electrons. The van der Waals surface area contributed by atoms with Crippen LogP contribution in [0.1, 0.15) is 245 Å². The number of rotatable bonds is 29. The minimum atomic E-state index is -4.83. The Morgan fingerprint density at radius 3 is 1.26 bits per heavy atom. The number of likely N-dealkylation sites (N-methyl/N-ethyl adjacent to an activating group) is 3. The van der Waals surface area contributed by atoms with Crippen molar-refractivity contribution >= 4 is 96.7 Å². The standard InChI is InChI=1S/C31H45N3O3.C29H40ClN3O3.C29H38F3N3O4/c1-20(2)30(36)27-19-33(28-14-13-21(3)16-26(27)28)18-24-12-9-15-34(24)31(37)25(17-29(35)22(4)32-5)23-10-7-6-8-11-23;1-18(31-4)27(35)16-24(21-9-6-5-7-10-21)29(36)32-14-8-11-23(32)17-33-19(2)28(20(3)34)25-15-22(30)12-13-26(25)33;1-18(33-3)27(37)15-23(20-8-5-4-6-9-20)28(38)35-13-7-10-21(35)16-34-17-25(19(2)36)24-14-22(11-12-26(24)34)39-29(30,31)32/h13-14,16,19-20,22-25,32H,6-12,15,17-18H2,1-5H3;12-13,15,18,21,23-24,31H,5-11,14,16-17H2,1-4H3;11-12,14,17-18,20-21,23,33H,4-10,13,15-16H2,1-3H3/t22-,24-,25-;18-,23-,24-;18-,21-,23-/m000/s1. The first-order valence-corrected chi connectivity index (χ1v) is 42.1. The molecule has 112 heavy (non-hydrogen) atoms. The summed E-state index contributed by atoms with van der Waals surface area (Å²) in [6.07, 6.45) is 21.4. The molecule has 6 fully saturated rings. The van der Waals surface area contributed by atoms with Crippen molar-refractivity contribution in [1.82, 2.24) is 44.4 Å². The molecular weight excluding hydrogens is 1450 g/mol. The number of halogens is 4. The van der Waals surface area contributed by atoms with Gasteiger partial charge in [0, 0.05) is 173 Å². The Hall–Kier alpha value is -7.53. The van der Waals surface area contributed by atoms with E-state index in [2.05, 4.69) is 59.8 Å². The van der Waals surface area contributed by atoms with Crippen molar-refractivity contribution in [3.05, 3.63) is 100.0 Å². The molecule has 3 N–H and O–H groups in total. The van der Waals surface area contributed by atoms with Crippen LogP contribution in [0.4, 0.5) is 13.2 Å². The van der Waals surface area contributed by atoms with Crippen molar-refractivity contribution < 1.29 is 61.1 Å². The van der Waals surface area contributed by atoms with E-state index in [9.17, 15) is 56.3 Å². The molecule has 3 saturated carbocycles.